The lowest BCUT2D eigenvalue weighted by molar-refractivity contribution is 0.307. The van der Waals surface area contributed by atoms with Crippen LogP contribution in [0.15, 0.2) is 53.4 Å². The highest BCUT2D eigenvalue weighted by Gasteiger charge is 2.19. The maximum atomic E-state index is 11.4. The molecule has 3 rings (SSSR count). The molecule has 32 heavy (non-hydrogen) atoms. The van der Waals surface area contributed by atoms with Crippen LogP contribution in [0.2, 0.25) is 5.02 Å². The lowest BCUT2D eigenvalue weighted by atomic mass is 9.81. The summed E-state index contributed by atoms with van der Waals surface area (Å²) in [5.74, 6) is 0.254. The molecule has 0 atom stereocenters. The van der Waals surface area contributed by atoms with Crippen LogP contribution in [0.5, 0.6) is 0 Å². The van der Waals surface area contributed by atoms with Crippen molar-refractivity contribution in [2.24, 2.45) is 10.6 Å². The Bertz CT molecular complexity index is 1210. The number of hydrogen-bond donors (Lipinski definition) is 2. The number of aromatic nitrogens is 2. The molecule has 1 heterocycles. The van der Waals surface area contributed by atoms with Gasteiger partial charge < -0.3 is 5.73 Å². The largest absolute Gasteiger partial charge is 0.368 e. The van der Waals surface area contributed by atoms with Gasteiger partial charge in [0.15, 0.2) is 0 Å². The maximum Gasteiger partial charge on any atom is 0.238 e. The first kappa shape index (κ1) is 24.2. The molecule has 0 aliphatic carbocycles. The van der Waals surface area contributed by atoms with E-state index in [4.69, 9.17) is 22.5 Å². The molecule has 0 spiro atoms. The molecule has 4 N–H and O–H groups in total. The van der Waals surface area contributed by atoms with Crippen LogP contribution in [-0.4, -0.2) is 18.4 Å². The summed E-state index contributed by atoms with van der Waals surface area (Å²) in [7, 11) is -3.66. The van der Waals surface area contributed by atoms with Crippen molar-refractivity contribution in [2.75, 3.05) is 5.73 Å². The zero-order chi connectivity index (χ0) is 23.5. The summed E-state index contributed by atoms with van der Waals surface area (Å²) < 4.78 is 22.8. The number of anilines is 1. The molecule has 0 saturated heterocycles. The summed E-state index contributed by atoms with van der Waals surface area (Å²) in [6.07, 6.45) is 3.49. The van der Waals surface area contributed by atoms with Gasteiger partial charge in [0, 0.05) is 16.3 Å². The zero-order valence-corrected chi connectivity index (χ0v) is 20.2. The van der Waals surface area contributed by atoms with Gasteiger partial charge in [0.2, 0.25) is 16.0 Å². The van der Waals surface area contributed by atoms with Crippen molar-refractivity contribution < 1.29 is 8.42 Å². The van der Waals surface area contributed by atoms with Crippen LogP contribution in [0, 0.1) is 12.3 Å². The van der Waals surface area contributed by atoms with Crippen LogP contribution in [-0.2, 0) is 22.9 Å². The van der Waals surface area contributed by atoms with Crippen molar-refractivity contribution >= 4 is 27.6 Å². The van der Waals surface area contributed by atoms with Crippen LogP contribution in [0.25, 0.3) is 11.3 Å². The molecule has 8 heteroatoms. The van der Waals surface area contributed by atoms with Crippen molar-refractivity contribution in [3.8, 4) is 11.3 Å². The molecule has 0 radical (unpaired) electrons. The molecule has 0 aliphatic rings. The Morgan fingerprint density at radius 2 is 1.66 bits per heavy atom. The van der Waals surface area contributed by atoms with Gasteiger partial charge in [-0.1, -0.05) is 49.7 Å². The molecule has 1 aromatic heterocycles. The molecular weight excluding hydrogens is 444 g/mol. The van der Waals surface area contributed by atoms with E-state index in [0.717, 1.165) is 53.8 Å². The van der Waals surface area contributed by atoms with Gasteiger partial charge in [-0.05, 0) is 73.4 Å². The fraction of sp³-hybridized carbons (Fsp3) is 0.333. The summed E-state index contributed by atoms with van der Waals surface area (Å²) in [6.45, 7) is 6.41. The van der Waals surface area contributed by atoms with Gasteiger partial charge in [-0.3, -0.25) is 0 Å². The van der Waals surface area contributed by atoms with Gasteiger partial charge in [0.05, 0.1) is 10.6 Å². The van der Waals surface area contributed by atoms with E-state index >= 15 is 0 Å². The Labute approximate surface area is 195 Å². The highest BCUT2D eigenvalue weighted by molar-refractivity contribution is 7.89. The number of halogens is 1. The Morgan fingerprint density at radius 1 is 1.00 bits per heavy atom. The fourth-order valence-corrected chi connectivity index (χ4v) is 4.28. The number of aryl methyl sites for hydroxylation is 2. The third-order valence-corrected chi connectivity index (χ3v) is 7.08. The molecule has 0 amide bonds. The normalized spacial score (nSPS) is 12.2. The molecule has 0 fully saturated rings. The standard InChI is InChI=1S/C24H29ClN4O2S/c1-16-20(5-4-6-21(16)25)22-15-18(28-23(26)29-22)12-14-24(2,3)13-11-17-7-9-19(10-8-17)32(27,30)31/h4-10,15H,11-14H2,1-3H3,(H2,26,28,29)(H2,27,30,31). The minimum Gasteiger partial charge on any atom is -0.368 e. The Balaban J connectivity index is 1.66. The van der Waals surface area contributed by atoms with Gasteiger partial charge in [0.1, 0.15) is 0 Å². The second-order valence-corrected chi connectivity index (χ2v) is 10.8. The summed E-state index contributed by atoms with van der Waals surface area (Å²) >= 11 is 6.27. The molecule has 2 aromatic carbocycles. The first-order chi connectivity index (χ1) is 14.9. The Hall–Kier alpha value is -2.48. The summed E-state index contributed by atoms with van der Waals surface area (Å²) in [6, 6.07) is 14.5. The predicted octanol–water partition coefficient (Wildman–Crippen LogP) is 4.93. The van der Waals surface area contributed by atoms with Crippen molar-refractivity contribution in [2.45, 2.75) is 51.3 Å². The second kappa shape index (κ2) is 9.57. The third-order valence-electron chi connectivity index (χ3n) is 5.74. The number of hydrogen-bond acceptors (Lipinski definition) is 5. The van der Waals surface area contributed by atoms with E-state index in [1.165, 1.54) is 0 Å². The van der Waals surface area contributed by atoms with Gasteiger partial charge >= 0.3 is 0 Å². The van der Waals surface area contributed by atoms with Crippen molar-refractivity contribution in [3.63, 3.8) is 0 Å². The molecule has 0 saturated carbocycles. The van der Waals surface area contributed by atoms with Crippen molar-refractivity contribution in [1.29, 1.82) is 0 Å². The van der Waals surface area contributed by atoms with Crippen LogP contribution in [0.3, 0.4) is 0 Å². The summed E-state index contributed by atoms with van der Waals surface area (Å²) in [4.78, 5) is 8.97. The van der Waals surface area contributed by atoms with Crippen LogP contribution < -0.4 is 10.9 Å². The minimum absolute atomic E-state index is 0.0600. The fourth-order valence-electron chi connectivity index (χ4n) is 3.59. The smallest absolute Gasteiger partial charge is 0.238 e. The number of rotatable bonds is 8. The van der Waals surface area contributed by atoms with Gasteiger partial charge in [-0.2, -0.15) is 0 Å². The lowest BCUT2D eigenvalue weighted by Gasteiger charge is -2.24. The minimum atomic E-state index is -3.66. The molecular formula is C24H29ClN4O2S. The predicted molar refractivity (Wildman–Crippen MR) is 130 cm³/mol. The van der Waals surface area contributed by atoms with E-state index in [1.807, 2.05) is 43.3 Å². The molecule has 170 valence electrons. The average Bonchev–Trinajstić information content (AvgIpc) is 2.72. The average molecular weight is 473 g/mol. The SMILES string of the molecule is Cc1c(Cl)cccc1-c1cc(CCC(C)(C)CCc2ccc(S(N)(=O)=O)cc2)nc(N)n1. The Morgan fingerprint density at radius 3 is 2.31 bits per heavy atom. The third kappa shape index (κ3) is 6.28. The van der Waals surface area contributed by atoms with E-state index in [9.17, 15) is 8.42 Å². The number of nitrogens with zero attached hydrogens (tertiary/aromatic N) is 2. The lowest BCUT2D eigenvalue weighted by Crippen LogP contribution is -2.15. The van der Waals surface area contributed by atoms with Crippen LogP contribution in [0.4, 0.5) is 5.95 Å². The second-order valence-electron chi connectivity index (χ2n) is 8.87. The van der Waals surface area contributed by atoms with Crippen LogP contribution >= 0.6 is 11.6 Å². The van der Waals surface area contributed by atoms with E-state index in [-0.39, 0.29) is 16.3 Å². The molecule has 6 nitrogen and oxygen atoms in total. The van der Waals surface area contributed by atoms with Gasteiger partial charge in [-0.15, -0.1) is 0 Å². The quantitative estimate of drug-likeness (QED) is 0.482. The van der Waals surface area contributed by atoms with E-state index in [1.54, 1.807) is 12.1 Å². The highest BCUT2D eigenvalue weighted by Crippen LogP contribution is 2.31. The number of nitrogens with two attached hydrogens (primary N) is 2. The number of sulfonamides is 1. The molecule has 0 unspecified atom stereocenters. The van der Waals surface area contributed by atoms with E-state index in [0.29, 0.717) is 5.02 Å². The first-order valence-electron chi connectivity index (χ1n) is 10.5. The number of nitrogen functional groups attached to an aromatic ring is 1. The molecule has 0 bridgehead atoms. The summed E-state index contributed by atoms with van der Waals surface area (Å²) in [5, 5.41) is 5.86. The topological polar surface area (TPSA) is 112 Å². The molecule has 0 aliphatic heterocycles. The monoisotopic (exact) mass is 472 g/mol. The van der Waals surface area contributed by atoms with Gasteiger partial charge in [-0.25, -0.2) is 23.5 Å². The number of primary sulfonamides is 1. The van der Waals surface area contributed by atoms with E-state index < -0.39 is 10.0 Å². The van der Waals surface area contributed by atoms with Crippen molar-refractivity contribution in [3.05, 3.63) is 70.4 Å². The first-order valence-corrected chi connectivity index (χ1v) is 12.4. The van der Waals surface area contributed by atoms with Crippen molar-refractivity contribution in [1.82, 2.24) is 9.97 Å². The maximum absolute atomic E-state index is 11.4. The van der Waals surface area contributed by atoms with E-state index in [2.05, 4.69) is 23.8 Å². The summed E-state index contributed by atoms with van der Waals surface area (Å²) in [5.41, 5.74) is 10.7. The highest BCUT2D eigenvalue weighted by atomic mass is 35.5. The van der Waals surface area contributed by atoms with Crippen LogP contribution in [0.1, 0.15) is 43.5 Å². The Kier molecular flexibility index (Phi) is 7.22. The molecule has 3 aromatic rings. The zero-order valence-electron chi connectivity index (χ0n) is 18.6. The number of benzene rings is 2. The van der Waals surface area contributed by atoms with Gasteiger partial charge in [0.25, 0.3) is 0 Å².